The zero-order valence-electron chi connectivity index (χ0n) is 10.8. The Kier molecular flexibility index (Phi) is 4.01. The highest BCUT2D eigenvalue weighted by atomic mass is 32.2. The van der Waals surface area contributed by atoms with Crippen molar-refractivity contribution >= 4 is 15.8 Å². The number of nitrogens with zero attached hydrogens (tertiary/aromatic N) is 1. The first kappa shape index (κ1) is 14.4. The molecule has 3 N–H and O–H groups in total. The van der Waals surface area contributed by atoms with E-state index in [0.29, 0.717) is 11.3 Å². The van der Waals surface area contributed by atoms with Crippen LogP contribution >= 0.6 is 0 Å². The molecule has 2 rings (SSSR count). The van der Waals surface area contributed by atoms with Crippen LogP contribution in [-0.4, -0.2) is 13.4 Å². The number of rotatable bonds is 4. The lowest BCUT2D eigenvalue weighted by Gasteiger charge is -2.11. The lowest BCUT2D eigenvalue weighted by atomic mass is 10.2. The summed E-state index contributed by atoms with van der Waals surface area (Å²) in [4.78, 5) is 3.87. The van der Waals surface area contributed by atoms with Gasteiger partial charge >= 0.3 is 0 Å². The van der Waals surface area contributed by atoms with Crippen LogP contribution in [0.1, 0.15) is 11.3 Å². The molecule has 0 unspecified atom stereocenters. The van der Waals surface area contributed by atoms with Gasteiger partial charge in [-0.1, -0.05) is 12.1 Å². The van der Waals surface area contributed by atoms with Crippen molar-refractivity contribution in [3.05, 3.63) is 53.5 Å². The summed E-state index contributed by atoms with van der Waals surface area (Å²) in [5.41, 5.74) is 6.49. The van der Waals surface area contributed by atoms with E-state index in [-0.39, 0.29) is 17.3 Å². The summed E-state index contributed by atoms with van der Waals surface area (Å²) >= 11 is 0. The van der Waals surface area contributed by atoms with Crippen molar-refractivity contribution in [1.29, 1.82) is 0 Å². The van der Waals surface area contributed by atoms with Gasteiger partial charge in [-0.2, -0.15) is 0 Å². The van der Waals surface area contributed by atoms with E-state index in [2.05, 4.69) is 9.71 Å². The highest BCUT2D eigenvalue weighted by molar-refractivity contribution is 7.92. The number of hydrogen-bond donors (Lipinski definition) is 2. The number of pyridine rings is 1. The molecule has 1 aromatic heterocycles. The first-order valence-electron chi connectivity index (χ1n) is 5.87. The van der Waals surface area contributed by atoms with E-state index < -0.39 is 15.8 Å². The minimum Gasteiger partial charge on any atom is -0.326 e. The standard InChI is InChI=1S/C13H14FN3O2S/c1-9-3-2-4-13(16-9)17-20(18,19)12-7-11(14)6-5-10(12)8-15/h2-7H,8,15H2,1H3,(H,16,17). The maximum Gasteiger partial charge on any atom is 0.263 e. The fourth-order valence-electron chi connectivity index (χ4n) is 1.74. The first-order chi connectivity index (χ1) is 9.42. The average Bonchev–Trinajstić information content (AvgIpc) is 2.38. The molecule has 0 aliphatic heterocycles. The highest BCUT2D eigenvalue weighted by Gasteiger charge is 2.19. The molecule has 1 aromatic carbocycles. The van der Waals surface area contributed by atoms with Gasteiger partial charge in [-0.15, -0.1) is 0 Å². The quantitative estimate of drug-likeness (QED) is 0.900. The molecule has 5 nitrogen and oxygen atoms in total. The number of anilines is 1. The normalized spacial score (nSPS) is 11.3. The molecule has 0 bridgehead atoms. The molecular weight excluding hydrogens is 281 g/mol. The number of sulfonamides is 1. The lowest BCUT2D eigenvalue weighted by molar-refractivity contribution is 0.593. The average molecular weight is 295 g/mol. The summed E-state index contributed by atoms with van der Waals surface area (Å²) in [7, 11) is -3.93. The van der Waals surface area contributed by atoms with Crippen LogP contribution in [0.5, 0.6) is 0 Å². The van der Waals surface area contributed by atoms with Crippen LogP contribution in [0, 0.1) is 12.7 Å². The molecule has 0 saturated heterocycles. The Balaban J connectivity index is 2.43. The van der Waals surface area contributed by atoms with Crippen molar-refractivity contribution in [1.82, 2.24) is 4.98 Å². The third-order valence-electron chi connectivity index (χ3n) is 2.67. The van der Waals surface area contributed by atoms with Gasteiger partial charge in [0, 0.05) is 12.2 Å². The Bertz CT molecular complexity index is 732. The van der Waals surface area contributed by atoms with Crippen LogP contribution in [0.3, 0.4) is 0 Å². The monoisotopic (exact) mass is 295 g/mol. The van der Waals surface area contributed by atoms with E-state index >= 15 is 0 Å². The summed E-state index contributed by atoms with van der Waals surface area (Å²) in [5.74, 6) is -0.461. The molecule has 20 heavy (non-hydrogen) atoms. The summed E-state index contributed by atoms with van der Waals surface area (Å²) < 4.78 is 40.1. The van der Waals surface area contributed by atoms with Gasteiger partial charge < -0.3 is 5.73 Å². The Morgan fingerprint density at radius 2 is 2.05 bits per heavy atom. The van der Waals surface area contributed by atoms with E-state index in [9.17, 15) is 12.8 Å². The Hall–Kier alpha value is -1.99. The number of hydrogen-bond acceptors (Lipinski definition) is 4. The van der Waals surface area contributed by atoms with E-state index in [1.54, 1.807) is 19.1 Å². The van der Waals surface area contributed by atoms with Gasteiger partial charge in [-0.25, -0.2) is 17.8 Å². The number of halogens is 1. The fraction of sp³-hybridized carbons (Fsp3) is 0.154. The minimum absolute atomic E-state index is 0.00221. The minimum atomic E-state index is -3.93. The van der Waals surface area contributed by atoms with Gasteiger partial charge in [0.25, 0.3) is 10.0 Å². The second kappa shape index (κ2) is 5.56. The van der Waals surface area contributed by atoms with Crippen molar-refractivity contribution in [3.63, 3.8) is 0 Å². The van der Waals surface area contributed by atoms with Crippen LogP contribution in [-0.2, 0) is 16.6 Å². The predicted octanol–water partition coefficient (Wildman–Crippen LogP) is 1.79. The molecule has 7 heteroatoms. The molecule has 0 saturated carbocycles. The van der Waals surface area contributed by atoms with Crippen molar-refractivity contribution in [2.75, 3.05) is 4.72 Å². The van der Waals surface area contributed by atoms with Crippen molar-refractivity contribution in [3.8, 4) is 0 Å². The van der Waals surface area contributed by atoms with E-state index in [1.165, 1.54) is 18.2 Å². The fourth-order valence-corrected chi connectivity index (χ4v) is 3.00. The molecule has 1 heterocycles. The topological polar surface area (TPSA) is 85.1 Å². The Labute approximate surface area is 116 Å². The van der Waals surface area contributed by atoms with Gasteiger partial charge in [0.1, 0.15) is 11.6 Å². The lowest BCUT2D eigenvalue weighted by Crippen LogP contribution is -2.17. The number of aryl methyl sites for hydroxylation is 1. The van der Waals surface area contributed by atoms with Crippen LogP contribution < -0.4 is 10.5 Å². The van der Waals surface area contributed by atoms with Crippen LogP contribution in [0.4, 0.5) is 10.2 Å². The maximum absolute atomic E-state index is 13.3. The third kappa shape index (κ3) is 3.12. The SMILES string of the molecule is Cc1cccc(NS(=O)(=O)c2cc(F)ccc2CN)n1. The second-order valence-corrected chi connectivity index (χ2v) is 5.88. The van der Waals surface area contributed by atoms with Crippen molar-refractivity contribution in [2.45, 2.75) is 18.4 Å². The van der Waals surface area contributed by atoms with Crippen LogP contribution in [0.25, 0.3) is 0 Å². The predicted molar refractivity (Wildman–Crippen MR) is 74.1 cm³/mol. The van der Waals surface area contributed by atoms with Gasteiger partial charge in [0.05, 0.1) is 4.90 Å². The molecule has 0 amide bonds. The summed E-state index contributed by atoms with van der Waals surface area (Å²) in [6, 6.07) is 8.41. The van der Waals surface area contributed by atoms with Crippen LogP contribution in [0.15, 0.2) is 41.3 Å². The zero-order chi connectivity index (χ0) is 14.8. The van der Waals surface area contributed by atoms with Gasteiger partial charge in [-0.3, -0.25) is 4.72 Å². The number of nitrogens with one attached hydrogen (secondary N) is 1. The van der Waals surface area contributed by atoms with Gasteiger partial charge in [0.2, 0.25) is 0 Å². The molecule has 0 spiro atoms. The smallest absolute Gasteiger partial charge is 0.263 e. The van der Waals surface area contributed by atoms with E-state index in [0.717, 1.165) is 6.07 Å². The van der Waals surface area contributed by atoms with Crippen LogP contribution in [0.2, 0.25) is 0 Å². The number of nitrogens with two attached hydrogens (primary N) is 1. The molecular formula is C13H14FN3O2S. The summed E-state index contributed by atoms with van der Waals surface area (Å²) in [6.07, 6.45) is 0. The third-order valence-corrected chi connectivity index (χ3v) is 4.10. The number of benzene rings is 1. The molecule has 106 valence electrons. The van der Waals surface area contributed by atoms with E-state index in [4.69, 9.17) is 5.73 Å². The zero-order valence-corrected chi connectivity index (χ0v) is 11.6. The second-order valence-electron chi connectivity index (χ2n) is 4.23. The van der Waals surface area contributed by atoms with Crippen molar-refractivity contribution in [2.24, 2.45) is 5.73 Å². The first-order valence-corrected chi connectivity index (χ1v) is 7.35. The highest BCUT2D eigenvalue weighted by Crippen LogP contribution is 2.20. The number of aromatic nitrogens is 1. The van der Waals surface area contributed by atoms with Gasteiger partial charge in [-0.05, 0) is 36.8 Å². The molecule has 0 atom stereocenters. The maximum atomic E-state index is 13.3. The van der Waals surface area contributed by atoms with E-state index in [1.807, 2.05) is 0 Å². The summed E-state index contributed by atoms with van der Waals surface area (Å²) in [5, 5.41) is 0. The Morgan fingerprint density at radius 1 is 1.30 bits per heavy atom. The summed E-state index contributed by atoms with van der Waals surface area (Å²) in [6.45, 7) is 1.74. The molecule has 2 aromatic rings. The molecule has 0 fully saturated rings. The molecule has 0 aliphatic carbocycles. The Morgan fingerprint density at radius 3 is 2.70 bits per heavy atom. The molecule has 0 aliphatic rings. The van der Waals surface area contributed by atoms with Crippen molar-refractivity contribution < 1.29 is 12.8 Å². The van der Waals surface area contributed by atoms with Gasteiger partial charge in [0.15, 0.2) is 0 Å². The molecule has 0 radical (unpaired) electrons. The largest absolute Gasteiger partial charge is 0.326 e.